The van der Waals surface area contributed by atoms with Gasteiger partial charge in [-0.05, 0) is 80.4 Å². The first-order chi connectivity index (χ1) is 16.5. The number of hydrogen-bond donors (Lipinski definition) is 3. The van der Waals surface area contributed by atoms with Crippen LogP contribution in [-0.2, 0) is 4.74 Å². The zero-order valence-corrected chi connectivity index (χ0v) is 19.3. The summed E-state index contributed by atoms with van der Waals surface area (Å²) in [6.07, 6.45) is 0. The second kappa shape index (κ2) is 10.4. The number of carbonyl (C=O) groups excluding carboxylic acids is 1. The van der Waals surface area contributed by atoms with E-state index in [4.69, 9.17) is 4.74 Å². The first kappa shape index (κ1) is 22.7. The van der Waals surface area contributed by atoms with Crippen LogP contribution in [0.3, 0.4) is 0 Å². The molecule has 0 aliphatic heterocycles. The van der Waals surface area contributed by atoms with Gasteiger partial charge in [0.1, 0.15) is 0 Å². The van der Waals surface area contributed by atoms with Gasteiger partial charge in [-0.1, -0.05) is 24.3 Å². The Morgan fingerprint density at radius 2 is 1.18 bits per heavy atom. The van der Waals surface area contributed by atoms with Crippen LogP contribution in [0.2, 0.25) is 0 Å². The van der Waals surface area contributed by atoms with Crippen molar-refractivity contribution in [1.29, 1.82) is 0 Å². The standard InChI is InChI=1S/C26H26N6O2/c1-4-34-23(33)19-11-13-20(14-12-19)27-24-30-25(28-21-9-5-7-17(2)15-21)32-26(31-24)29-22-10-6-8-18(3)16-22/h5-16H,4H2,1-3H3,(H3,27,28,29,30,31,32). The first-order valence-electron chi connectivity index (χ1n) is 11.0. The lowest BCUT2D eigenvalue weighted by molar-refractivity contribution is 0.0526. The minimum atomic E-state index is -0.358. The van der Waals surface area contributed by atoms with E-state index in [9.17, 15) is 4.79 Å². The molecular formula is C26H26N6O2. The third kappa shape index (κ3) is 6.07. The van der Waals surface area contributed by atoms with E-state index in [1.54, 1.807) is 31.2 Å². The zero-order valence-electron chi connectivity index (χ0n) is 19.3. The van der Waals surface area contributed by atoms with Gasteiger partial charge in [-0.2, -0.15) is 15.0 Å². The molecule has 4 rings (SSSR count). The van der Waals surface area contributed by atoms with Crippen molar-refractivity contribution in [3.05, 3.63) is 89.5 Å². The van der Waals surface area contributed by atoms with Crippen molar-refractivity contribution in [3.63, 3.8) is 0 Å². The summed E-state index contributed by atoms with van der Waals surface area (Å²) < 4.78 is 5.04. The fraction of sp³-hybridized carbons (Fsp3) is 0.154. The summed E-state index contributed by atoms with van der Waals surface area (Å²) in [7, 11) is 0. The number of aromatic nitrogens is 3. The second-order valence-electron chi connectivity index (χ2n) is 7.72. The van der Waals surface area contributed by atoms with E-state index in [1.807, 2.05) is 62.4 Å². The van der Waals surface area contributed by atoms with Gasteiger partial charge in [-0.3, -0.25) is 0 Å². The van der Waals surface area contributed by atoms with Crippen LogP contribution < -0.4 is 16.0 Å². The Balaban J connectivity index is 1.61. The quantitative estimate of drug-likeness (QED) is 0.283. The van der Waals surface area contributed by atoms with Crippen molar-refractivity contribution in [2.45, 2.75) is 20.8 Å². The van der Waals surface area contributed by atoms with Crippen LogP contribution in [0.5, 0.6) is 0 Å². The predicted molar refractivity (Wildman–Crippen MR) is 134 cm³/mol. The minimum absolute atomic E-state index is 0.330. The number of nitrogens with one attached hydrogen (secondary N) is 3. The molecule has 0 unspecified atom stereocenters. The third-order valence-corrected chi connectivity index (χ3v) is 4.84. The third-order valence-electron chi connectivity index (χ3n) is 4.84. The summed E-state index contributed by atoms with van der Waals surface area (Å²) in [6.45, 7) is 6.16. The summed E-state index contributed by atoms with van der Waals surface area (Å²) in [5, 5.41) is 9.67. The van der Waals surface area contributed by atoms with Crippen LogP contribution in [0.15, 0.2) is 72.8 Å². The van der Waals surface area contributed by atoms with E-state index >= 15 is 0 Å². The molecular weight excluding hydrogens is 428 g/mol. The van der Waals surface area contributed by atoms with Gasteiger partial charge in [0.05, 0.1) is 12.2 Å². The predicted octanol–water partition coefficient (Wildman–Crippen LogP) is 5.90. The summed E-state index contributed by atoms with van der Waals surface area (Å²) in [5.74, 6) is 0.774. The highest BCUT2D eigenvalue weighted by Crippen LogP contribution is 2.22. The van der Waals surface area contributed by atoms with Crippen LogP contribution in [-0.4, -0.2) is 27.5 Å². The lowest BCUT2D eigenvalue weighted by Crippen LogP contribution is -2.08. The molecule has 0 radical (unpaired) electrons. The molecule has 0 spiro atoms. The van der Waals surface area contributed by atoms with Gasteiger partial charge in [0.15, 0.2) is 0 Å². The number of nitrogens with zero attached hydrogens (tertiary/aromatic N) is 3. The Hall–Kier alpha value is -4.46. The molecule has 172 valence electrons. The smallest absolute Gasteiger partial charge is 0.338 e. The summed E-state index contributed by atoms with van der Waals surface area (Å²) in [6, 6.07) is 22.8. The molecule has 3 N–H and O–H groups in total. The number of ether oxygens (including phenoxy) is 1. The summed E-state index contributed by atoms with van der Waals surface area (Å²) >= 11 is 0. The molecule has 0 saturated heterocycles. The molecule has 4 aromatic rings. The molecule has 1 heterocycles. The zero-order chi connectivity index (χ0) is 23.9. The highest BCUT2D eigenvalue weighted by Gasteiger charge is 2.10. The number of carbonyl (C=O) groups is 1. The van der Waals surface area contributed by atoms with E-state index < -0.39 is 0 Å². The fourth-order valence-electron chi connectivity index (χ4n) is 3.28. The van der Waals surface area contributed by atoms with E-state index in [0.29, 0.717) is 30.0 Å². The normalized spacial score (nSPS) is 10.4. The van der Waals surface area contributed by atoms with Crippen molar-refractivity contribution in [3.8, 4) is 0 Å². The van der Waals surface area contributed by atoms with E-state index in [2.05, 4.69) is 30.9 Å². The van der Waals surface area contributed by atoms with Crippen LogP contribution in [0, 0.1) is 13.8 Å². The topological polar surface area (TPSA) is 101 Å². The monoisotopic (exact) mass is 454 g/mol. The summed E-state index contributed by atoms with van der Waals surface area (Å²) in [4.78, 5) is 25.5. The summed E-state index contributed by atoms with van der Waals surface area (Å²) in [5.41, 5.74) is 5.19. The van der Waals surface area contributed by atoms with Gasteiger partial charge in [-0.15, -0.1) is 0 Å². The molecule has 0 amide bonds. The molecule has 1 aromatic heterocycles. The molecule has 3 aromatic carbocycles. The van der Waals surface area contributed by atoms with Gasteiger partial charge in [0.25, 0.3) is 0 Å². The van der Waals surface area contributed by atoms with Gasteiger partial charge in [0.2, 0.25) is 17.8 Å². The molecule has 0 saturated carbocycles. The van der Waals surface area contributed by atoms with Gasteiger partial charge in [0, 0.05) is 17.1 Å². The Kier molecular flexibility index (Phi) is 6.98. The lowest BCUT2D eigenvalue weighted by atomic mass is 10.2. The van der Waals surface area contributed by atoms with Crippen molar-refractivity contribution < 1.29 is 9.53 Å². The SMILES string of the molecule is CCOC(=O)c1ccc(Nc2nc(Nc3cccc(C)c3)nc(Nc3cccc(C)c3)n2)cc1. The molecule has 0 aliphatic rings. The molecule has 0 atom stereocenters. The highest BCUT2D eigenvalue weighted by molar-refractivity contribution is 5.89. The van der Waals surface area contributed by atoms with Gasteiger partial charge in [-0.25, -0.2) is 4.79 Å². The largest absolute Gasteiger partial charge is 0.462 e. The number of rotatable bonds is 8. The van der Waals surface area contributed by atoms with E-state index in [1.165, 1.54) is 0 Å². The van der Waals surface area contributed by atoms with Crippen molar-refractivity contribution in [1.82, 2.24) is 15.0 Å². The van der Waals surface area contributed by atoms with Crippen molar-refractivity contribution in [2.24, 2.45) is 0 Å². The second-order valence-corrected chi connectivity index (χ2v) is 7.72. The first-order valence-corrected chi connectivity index (χ1v) is 11.0. The maximum Gasteiger partial charge on any atom is 0.338 e. The van der Waals surface area contributed by atoms with Crippen LogP contribution in [0.4, 0.5) is 34.9 Å². The molecule has 0 fully saturated rings. The minimum Gasteiger partial charge on any atom is -0.462 e. The van der Waals surface area contributed by atoms with E-state index in [0.717, 1.165) is 28.2 Å². The molecule has 0 aliphatic carbocycles. The Labute approximate surface area is 198 Å². The van der Waals surface area contributed by atoms with E-state index in [-0.39, 0.29) is 5.97 Å². The number of anilines is 6. The Morgan fingerprint density at radius 1 is 0.706 bits per heavy atom. The van der Waals surface area contributed by atoms with Crippen molar-refractivity contribution in [2.75, 3.05) is 22.6 Å². The fourth-order valence-corrected chi connectivity index (χ4v) is 3.28. The van der Waals surface area contributed by atoms with Crippen LogP contribution >= 0.6 is 0 Å². The number of esters is 1. The molecule has 34 heavy (non-hydrogen) atoms. The average molecular weight is 455 g/mol. The number of aryl methyl sites for hydroxylation is 2. The molecule has 8 nitrogen and oxygen atoms in total. The lowest BCUT2D eigenvalue weighted by Gasteiger charge is -2.12. The number of hydrogen-bond acceptors (Lipinski definition) is 8. The van der Waals surface area contributed by atoms with Crippen LogP contribution in [0.1, 0.15) is 28.4 Å². The molecule has 8 heteroatoms. The van der Waals surface area contributed by atoms with Gasteiger partial charge >= 0.3 is 5.97 Å². The Bertz CT molecular complexity index is 1220. The highest BCUT2D eigenvalue weighted by atomic mass is 16.5. The maximum atomic E-state index is 11.9. The number of benzene rings is 3. The average Bonchev–Trinajstić information content (AvgIpc) is 2.80. The van der Waals surface area contributed by atoms with Crippen molar-refractivity contribution >= 4 is 40.9 Å². The van der Waals surface area contributed by atoms with Crippen LogP contribution in [0.25, 0.3) is 0 Å². The van der Waals surface area contributed by atoms with Gasteiger partial charge < -0.3 is 20.7 Å². The Morgan fingerprint density at radius 3 is 1.62 bits per heavy atom. The maximum absolute atomic E-state index is 11.9. The molecule has 0 bridgehead atoms.